The van der Waals surface area contributed by atoms with Gasteiger partial charge in [0.05, 0.1) is 0 Å². The molecule has 0 saturated heterocycles. The Balaban J connectivity index is 3.85. The van der Waals surface area contributed by atoms with E-state index in [2.05, 4.69) is 0 Å². The Morgan fingerprint density at radius 3 is 2.00 bits per heavy atom. The fourth-order valence-corrected chi connectivity index (χ4v) is 0.544. The molecule has 0 amide bonds. The van der Waals surface area contributed by atoms with Crippen LogP contribution < -0.4 is 0 Å². The van der Waals surface area contributed by atoms with Crippen LogP contribution in [0.2, 0.25) is 0 Å². The van der Waals surface area contributed by atoms with E-state index in [1.807, 2.05) is 0 Å². The Morgan fingerprint density at radius 2 is 1.67 bits per heavy atom. The highest BCUT2D eigenvalue weighted by Crippen LogP contribution is 1.96. The standard InChI is InChI=1S/C6H8O6/c7-3(2-5(9)10)1-4(8)6(11)12/h4,8H,1-2H2,(H,9,10)(H,11,12)/t4-/m0/s1. The first-order valence-corrected chi connectivity index (χ1v) is 3.08. The van der Waals surface area contributed by atoms with E-state index in [1.54, 1.807) is 0 Å². The van der Waals surface area contributed by atoms with Gasteiger partial charge in [-0.2, -0.15) is 0 Å². The van der Waals surface area contributed by atoms with E-state index in [1.165, 1.54) is 0 Å². The quantitative estimate of drug-likeness (QED) is 0.457. The molecule has 0 rings (SSSR count). The summed E-state index contributed by atoms with van der Waals surface area (Å²) in [4.78, 5) is 30.4. The lowest BCUT2D eigenvalue weighted by molar-refractivity contribution is -0.150. The molecule has 6 heteroatoms. The fourth-order valence-electron chi connectivity index (χ4n) is 0.544. The van der Waals surface area contributed by atoms with Crippen LogP contribution in [-0.4, -0.2) is 39.1 Å². The second-order valence-electron chi connectivity index (χ2n) is 2.17. The number of hydrogen-bond donors (Lipinski definition) is 3. The molecule has 68 valence electrons. The van der Waals surface area contributed by atoms with Crippen molar-refractivity contribution >= 4 is 17.7 Å². The highest BCUT2D eigenvalue weighted by molar-refractivity contribution is 5.96. The van der Waals surface area contributed by atoms with Gasteiger partial charge in [-0.1, -0.05) is 0 Å². The van der Waals surface area contributed by atoms with Gasteiger partial charge in [0.25, 0.3) is 0 Å². The number of carbonyl (C=O) groups excluding carboxylic acids is 1. The number of carboxylic acids is 2. The van der Waals surface area contributed by atoms with Gasteiger partial charge in [-0.05, 0) is 0 Å². The lowest BCUT2D eigenvalue weighted by Gasteiger charge is -2.01. The van der Waals surface area contributed by atoms with E-state index in [0.29, 0.717) is 0 Å². The Bertz CT molecular complexity index is 208. The Labute approximate surface area is 67.4 Å². The highest BCUT2D eigenvalue weighted by atomic mass is 16.4. The molecule has 0 saturated carbocycles. The van der Waals surface area contributed by atoms with Crippen molar-refractivity contribution in [3.8, 4) is 0 Å². The third kappa shape index (κ3) is 4.40. The van der Waals surface area contributed by atoms with Crippen LogP contribution in [0.5, 0.6) is 0 Å². The lowest BCUT2D eigenvalue weighted by atomic mass is 10.1. The number of carboxylic acid groups (broad SMARTS) is 2. The van der Waals surface area contributed by atoms with Crippen LogP contribution in [0.1, 0.15) is 12.8 Å². The van der Waals surface area contributed by atoms with Gasteiger partial charge in [0.1, 0.15) is 12.2 Å². The first kappa shape index (κ1) is 10.6. The van der Waals surface area contributed by atoms with Crippen molar-refractivity contribution in [2.45, 2.75) is 18.9 Å². The number of carbonyl (C=O) groups is 3. The van der Waals surface area contributed by atoms with Crippen LogP contribution in [0.15, 0.2) is 0 Å². The first-order valence-electron chi connectivity index (χ1n) is 3.08. The Morgan fingerprint density at radius 1 is 1.17 bits per heavy atom. The Kier molecular flexibility index (Phi) is 3.92. The summed E-state index contributed by atoms with van der Waals surface area (Å²) in [6, 6.07) is 0. The van der Waals surface area contributed by atoms with Crippen molar-refractivity contribution in [1.29, 1.82) is 0 Å². The molecule has 0 aromatic carbocycles. The van der Waals surface area contributed by atoms with E-state index in [4.69, 9.17) is 15.3 Å². The summed E-state index contributed by atoms with van der Waals surface area (Å²) in [6.07, 6.45) is -3.23. The molecule has 0 aliphatic heterocycles. The van der Waals surface area contributed by atoms with Crippen LogP contribution >= 0.6 is 0 Å². The molecule has 0 aromatic rings. The number of aliphatic hydroxyl groups is 1. The van der Waals surface area contributed by atoms with Gasteiger partial charge in [0, 0.05) is 6.42 Å². The topological polar surface area (TPSA) is 112 Å². The molecule has 0 radical (unpaired) electrons. The molecule has 0 bridgehead atoms. The molecule has 0 aromatic heterocycles. The molecular formula is C6H8O6. The monoisotopic (exact) mass is 176 g/mol. The molecule has 0 aliphatic rings. The molecule has 12 heavy (non-hydrogen) atoms. The molecule has 0 unspecified atom stereocenters. The molecular weight excluding hydrogens is 168 g/mol. The van der Waals surface area contributed by atoms with Crippen molar-refractivity contribution in [3.05, 3.63) is 0 Å². The molecule has 6 nitrogen and oxygen atoms in total. The largest absolute Gasteiger partial charge is 0.481 e. The van der Waals surface area contributed by atoms with Crippen LogP contribution in [0.4, 0.5) is 0 Å². The second-order valence-corrected chi connectivity index (χ2v) is 2.17. The average molecular weight is 176 g/mol. The number of ketones is 1. The third-order valence-electron chi connectivity index (χ3n) is 1.05. The van der Waals surface area contributed by atoms with Gasteiger partial charge in [0.15, 0.2) is 6.10 Å². The van der Waals surface area contributed by atoms with Gasteiger partial charge in [0.2, 0.25) is 0 Å². The summed E-state index contributed by atoms with van der Waals surface area (Å²) in [5.74, 6) is -3.68. The van der Waals surface area contributed by atoms with E-state index < -0.39 is 36.7 Å². The second kappa shape index (κ2) is 4.45. The number of rotatable bonds is 5. The first-order chi connectivity index (χ1) is 5.43. The van der Waals surface area contributed by atoms with Crippen molar-refractivity contribution in [2.24, 2.45) is 0 Å². The zero-order valence-electron chi connectivity index (χ0n) is 6.06. The van der Waals surface area contributed by atoms with Crippen molar-refractivity contribution in [1.82, 2.24) is 0 Å². The van der Waals surface area contributed by atoms with Crippen molar-refractivity contribution < 1.29 is 29.7 Å². The summed E-state index contributed by atoms with van der Waals surface area (Å²) in [5.41, 5.74) is 0. The van der Waals surface area contributed by atoms with E-state index in [-0.39, 0.29) is 0 Å². The maximum Gasteiger partial charge on any atom is 0.332 e. The minimum absolute atomic E-state index is 0.665. The average Bonchev–Trinajstić information content (AvgIpc) is 1.84. The number of hydrogen-bond acceptors (Lipinski definition) is 4. The van der Waals surface area contributed by atoms with Gasteiger partial charge < -0.3 is 15.3 Å². The van der Waals surface area contributed by atoms with Crippen LogP contribution in [-0.2, 0) is 14.4 Å². The minimum Gasteiger partial charge on any atom is -0.481 e. The van der Waals surface area contributed by atoms with Crippen LogP contribution in [0.25, 0.3) is 0 Å². The normalized spacial score (nSPS) is 12.1. The number of aliphatic carboxylic acids is 2. The van der Waals surface area contributed by atoms with Gasteiger partial charge >= 0.3 is 11.9 Å². The predicted molar refractivity (Wildman–Crippen MR) is 35.5 cm³/mol. The number of Topliss-reactive ketones (excluding diaryl/α,β-unsaturated/α-hetero) is 1. The molecule has 0 heterocycles. The van der Waals surface area contributed by atoms with Gasteiger partial charge in [-0.25, -0.2) is 4.79 Å². The fraction of sp³-hybridized carbons (Fsp3) is 0.500. The lowest BCUT2D eigenvalue weighted by Crippen LogP contribution is -2.24. The number of aliphatic hydroxyl groups excluding tert-OH is 1. The van der Waals surface area contributed by atoms with Crippen LogP contribution in [0, 0.1) is 0 Å². The van der Waals surface area contributed by atoms with Crippen molar-refractivity contribution in [2.75, 3.05) is 0 Å². The van der Waals surface area contributed by atoms with E-state index in [0.717, 1.165) is 0 Å². The predicted octanol–water partition coefficient (Wildman–Crippen LogP) is -1.13. The Hall–Kier alpha value is -1.43. The molecule has 0 fully saturated rings. The smallest absolute Gasteiger partial charge is 0.332 e. The SMILES string of the molecule is O=C(O)CC(=O)C[C@H](O)C(=O)O. The highest BCUT2D eigenvalue weighted by Gasteiger charge is 2.18. The zero-order chi connectivity index (χ0) is 9.72. The summed E-state index contributed by atoms with van der Waals surface area (Å²) in [7, 11) is 0. The van der Waals surface area contributed by atoms with Gasteiger partial charge in [-0.3, -0.25) is 9.59 Å². The zero-order valence-corrected chi connectivity index (χ0v) is 6.06. The summed E-state index contributed by atoms with van der Waals surface area (Å²) >= 11 is 0. The maximum absolute atomic E-state index is 10.6. The van der Waals surface area contributed by atoms with Crippen molar-refractivity contribution in [3.63, 3.8) is 0 Å². The molecule has 0 aliphatic carbocycles. The summed E-state index contributed by atoms with van der Waals surface area (Å²) in [5, 5.41) is 24.8. The van der Waals surface area contributed by atoms with E-state index >= 15 is 0 Å². The molecule has 0 spiro atoms. The van der Waals surface area contributed by atoms with E-state index in [9.17, 15) is 14.4 Å². The van der Waals surface area contributed by atoms with Crippen LogP contribution in [0.3, 0.4) is 0 Å². The third-order valence-corrected chi connectivity index (χ3v) is 1.05. The van der Waals surface area contributed by atoms with Gasteiger partial charge in [-0.15, -0.1) is 0 Å². The maximum atomic E-state index is 10.6. The molecule has 1 atom stereocenters. The molecule has 3 N–H and O–H groups in total. The summed E-state index contributed by atoms with van der Waals surface area (Å²) in [6.45, 7) is 0. The minimum atomic E-state index is -1.81. The summed E-state index contributed by atoms with van der Waals surface area (Å²) < 4.78 is 0.